The first-order valence-electron chi connectivity index (χ1n) is 6.63. The molecule has 0 aliphatic heterocycles. The molecule has 0 saturated heterocycles. The highest BCUT2D eigenvalue weighted by atomic mass is 32.1. The van der Waals surface area contributed by atoms with Crippen LogP contribution in [0.3, 0.4) is 0 Å². The average molecular weight is 298 g/mol. The number of hydrogen-bond donors (Lipinski definition) is 0. The number of hydrogen-bond acceptors (Lipinski definition) is 4. The van der Waals surface area contributed by atoms with Gasteiger partial charge in [-0.15, -0.1) is 0 Å². The molecular formula is C17H14O3S. The summed E-state index contributed by atoms with van der Waals surface area (Å²) in [5.74, 6) is 0.660. The van der Waals surface area contributed by atoms with E-state index in [0.29, 0.717) is 23.3 Å². The lowest BCUT2D eigenvalue weighted by Crippen LogP contribution is -2.14. The summed E-state index contributed by atoms with van der Waals surface area (Å²) in [7, 11) is 1.58. The molecule has 3 rings (SSSR count). The topological polar surface area (TPSA) is 39.4 Å². The maximum absolute atomic E-state index is 12.4. The first-order valence-corrected chi connectivity index (χ1v) is 7.04. The Morgan fingerprint density at radius 2 is 2.14 bits per heavy atom. The first-order chi connectivity index (χ1) is 10.1. The predicted molar refractivity (Wildman–Crippen MR) is 88.1 cm³/mol. The van der Waals surface area contributed by atoms with Gasteiger partial charge in [0.15, 0.2) is 0 Å². The summed E-state index contributed by atoms with van der Waals surface area (Å²) in [5.41, 5.74) is 2.39. The van der Waals surface area contributed by atoms with Crippen molar-refractivity contribution in [2.75, 3.05) is 7.11 Å². The molecule has 4 heteroatoms. The molecule has 1 heterocycles. The number of thiocarbonyl (C=S) groups is 1. The molecule has 0 radical (unpaired) electrons. The molecule has 1 aliphatic rings. The molecule has 0 amide bonds. The molecule has 0 saturated carbocycles. The average Bonchev–Trinajstić information content (AvgIpc) is 2.48. The van der Waals surface area contributed by atoms with Gasteiger partial charge in [-0.3, -0.25) is 0 Å². The van der Waals surface area contributed by atoms with E-state index >= 15 is 0 Å². The summed E-state index contributed by atoms with van der Waals surface area (Å²) in [6, 6.07) is 5.48. The van der Waals surface area contributed by atoms with E-state index in [2.05, 4.69) is 0 Å². The predicted octanol–water partition coefficient (Wildman–Crippen LogP) is 3.82. The Kier molecular flexibility index (Phi) is 3.47. The van der Waals surface area contributed by atoms with Gasteiger partial charge in [-0.2, -0.15) is 0 Å². The standard InChI is InChI=1S/C17H14O3S/c1-10-12-8-7-11(19-2)9-14(12)20-17(18)16(10)13-5-3-4-6-15(13)21/h3-5,7-9H,6H2,1-2H3. The molecule has 1 aromatic carbocycles. The zero-order chi connectivity index (χ0) is 15.0. The highest BCUT2D eigenvalue weighted by Crippen LogP contribution is 2.29. The second-order valence-corrected chi connectivity index (χ2v) is 5.38. The van der Waals surface area contributed by atoms with E-state index in [1.54, 1.807) is 13.2 Å². The third-order valence-electron chi connectivity index (χ3n) is 3.65. The van der Waals surface area contributed by atoms with Crippen LogP contribution in [0.1, 0.15) is 17.5 Å². The van der Waals surface area contributed by atoms with E-state index in [1.807, 2.05) is 37.3 Å². The highest BCUT2D eigenvalue weighted by Gasteiger charge is 2.19. The van der Waals surface area contributed by atoms with Crippen molar-refractivity contribution in [3.8, 4) is 5.75 Å². The minimum absolute atomic E-state index is 0.364. The van der Waals surface area contributed by atoms with Crippen molar-refractivity contribution in [1.29, 1.82) is 0 Å². The van der Waals surface area contributed by atoms with Crippen LogP contribution < -0.4 is 10.4 Å². The van der Waals surface area contributed by atoms with E-state index in [4.69, 9.17) is 21.4 Å². The largest absolute Gasteiger partial charge is 0.497 e. The van der Waals surface area contributed by atoms with Crippen molar-refractivity contribution in [3.05, 3.63) is 58.0 Å². The minimum Gasteiger partial charge on any atom is -0.497 e. The van der Waals surface area contributed by atoms with Crippen molar-refractivity contribution in [3.63, 3.8) is 0 Å². The van der Waals surface area contributed by atoms with Gasteiger partial charge in [-0.05, 0) is 24.6 Å². The lowest BCUT2D eigenvalue weighted by molar-refractivity contribution is 0.414. The van der Waals surface area contributed by atoms with Gasteiger partial charge in [0.2, 0.25) is 0 Å². The fourth-order valence-electron chi connectivity index (χ4n) is 2.54. The Hall–Kier alpha value is -2.20. The van der Waals surface area contributed by atoms with E-state index in [1.165, 1.54) is 0 Å². The number of allylic oxidation sites excluding steroid dienone is 4. The zero-order valence-corrected chi connectivity index (χ0v) is 12.6. The fraction of sp³-hybridized carbons (Fsp3) is 0.176. The summed E-state index contributed by atoms with van der Waals surface area (Å²) < 4.78 is 10.6. The van der Waals surface area contributed by atoms with Crippen LogP contribution >= 0.6 is 12.2 Å². The molecule has 0 bridgehead atoms. The van der Waals surface area contributed by atoms with Crippen LogP contribution in [0.25, 0.3) is 16.5 Å². The Morgan fingerprint density at radius 3 is 2.86 bits per heavy atom. The normalized spacial score (nSPS) is 14.4. The Morgan fingerprint density at radius 1 is 1.33 bits per heavy atom. The zero-order valence-electron chi connectivity index (χ0n) is 11.8. The fourth-order valence-corrected chi connectivity index (χ4v) is 2.81. The maximum Gasteiger partial charge on any atom is 0.344 e. The first kappa shape index (κ1) is 13.8. The van der Waals surface area contributed by atoms with Gasteiger partial charge < -0.3 is 9.15 Å². The molecule has 1 aromatic heterocycles. The molecule has 0 atom stereocenters. The Bertz CT molecular complexity index is 856. The van der Waals surface area contributed by atoms with Crippen LogP contribution in [0, 0.1) is 6.92 Å². The van der Waals surface area contributed by atoms with Crippen LogP contribution in [-0.2, 0) is 0 Å². The van der Waals surface area contributed by atoms with Gasteiger partial charge in [-0.25, -0.2) is 4.79 Å². The van der Waals surface area contributed by atoms with Crippen LogP contribution in [-0.4, -0.2) is 12.0 Å². The highest BCUT2D eigenvalue weighted by molar-refractivity contribution is 7.81. The molecule has 106 valence electrons. The summed E-state index contributed by atoms with van der Waals surface area (Å²) in [4.78, 5) is 13.1. The van der Waals surface area contributed by atoms with Crippen molar-refractivity contribution in [2.45, 2.75) is 13.3 Å². The third kappa shape index (κ3) is 2.32. The van der Waals surface area contributed by atoms with E-state index in [0.717, 1.165) is 21.4 Å². The van der Waals surface area contributed by atoms with E-state index in [9.17, 15) is 4.79 Å². The molecular weight excluding hydrogens is 284 g/mol. The van der Waals surface area contributed by atoms with Gasteiger partial charge >= 0.3 is 5.63 Å². The van der Waals surface area contributed by atoms with Crippen LogP contribution in [0.4, 0.5) is 0 Å². The van der Waals surface area contributed by atoms with E-state index in [-0.39, 0.29) is 5.63 Å². The van der Waals surface area contributed by atoms with Crippen molar-refractivity contribution in [2.24, 2.45) is 0 Å². The van der Waals surface area contributed by atoms with Gasteiger partial charge in [0, 0.05) is 28.3 Å². The molecule has 0 spiro atoms. The Labute approximate surface area is 127 Å². The third-order valence-corrected chi connectivity index (χ3v) is 4.03. The second kappa shape index (κ2) is 5.30. The molecule has 0 fully saturated rings. The number of benzene rings is 1. The summed E-state index contributed by atoms with van der Waals surface area (Å²) in [6.45, 7) is 1.92. The van der Waals surface area contributed by atoms with Gasteiger partial charge in [0.25, 0.3) is 0 Å². The van der Waals surface area contributed by atoms with Crippen molar-refractivity contribution in [1.82, 2.24) is 0 Å². The van der Waals surface area contributed by atoms with Crippen LogP contribution in [0.5, 0.6) is 5.75 Å². The lowest BCUT2D eigenvalue weighted by Gasteiger charge is -2.13. The van der Waals surface area contributed by atoms with Crippen molar-refractivity contribution < 1.29 is 9.15 Å². The van der Waals surface area contributed by atoms with Crippen LogP contribution in [0.2, 0.25) is 0 Å². The lowest BCUT2D eigenvalue weighted by atomic mass is 9.93. The number of ether oxygens (including phenoxy) is 1. The molecule has 3 nitrogen and oxygen atoms in total. The Balaban J connectivity index is 2.30. The summed E-state index contributed by atoms with van der Waals surface area (Å²) in [5, 5.41) is 0.892. The van der Waals surface area contributed by atoms with Gasteiger partial charge in [0.05, 0.1) is 12.7 Å². The number of aryl methyl sites for hydroxylation is 1. The molecule has 0 N–H and O–H groups in total. The number of rotatable bonds is 2. The summed E-state index contributed by atoms with van der Waals surface area (Å²) in [6.07, 6.45) is 6.46. The quantitative estimate of drug-likeness (QED) is 0.624. The summed E-state index contributed by atoms with van der Waals surface area (Å²) >= 11 is 5.37. The minimum atomic E-state index is -0.364. The second-order valence-electron chi connectivity index (χ2n) is 4.89. The number of fused-ring (bicyclic) bond motifs is 1. The smallest absolute Gasteiger partial charge is 0.344 e. The van der Waals surface area contributed by atoms with Crippen LogP contribution in [0.15, 0.2) is 45.6 Å². The molecule has 2 aromatic rings. The van der Waals surface area contributed by atoms with Gasteiger partial charge in [0.1, 0.15) is 11.3 Å². The maximum atomic E-state index is 12.4. The monoisotopic (exact) mass is 298 g/mol. The SMILES string of the molecule is COc1ccc2c(C)c(C3=CC=CCC3=S)c(=O)oc2c1. The molecule has 1 aliphatic carbocycles. The van der Waals surface area contributed by atoms with Crippen molar-refractivity contribution >= 4 is 33.6 Å². The van der Waals surface area contributed by atoms with Gasteiger partial charge in [-0.1, -0.05) is 30.4 Å². The number of methoxy groups -OCH3 is 1. The van der Waals surface area contributed by atoms with E-state index < -0.39 is 0 Å². The molecule has 21 heavy (non-hydrogen) atoms. The molecule has 0 unspecified atom stereocenters.